The molecule has 0 bridgehead atoms. The predicted octanol–water partition coefficient (Wildman–Crippen LogP) is 2.78. The molecule has 16 heavy (non-hydrogen) atoms. The molecule has 3 heteroatoms. The maximum atomic E-state index is 4.42. The van der Waals surface area contributed by atoms with Gasteiger partial charge in [0, 0.05) is 30.9 Å². The summed E-state index contributed by atoms with van der Waals surface area (Å²) in [4.78, 5) is 4.42. The van der Waals surface area contributed by atoms with E-state index in [0.717, 1.165) is 19.5 Å². The SMILES string of the molecule is CCCNC(CC)Cn1ccnc1C(C)C. The van der Waals surface area contributed by atoms with Crippen LogP contribution >= 0.6 is 0 Å². The Labute approximate surface area is 99.3 Å². The highest BCUT2D eigenvalue weighted by molar-refractivity contribution is 4.98. The van der Waals surface area contributed by atoms with Gasteiger partial charge in [-0.3, -0.25) is 0 Å². The summed E-state index contributed by atoms with van der Waals surface area (Å²) in [5.74, 6) is 1.69. The first-order valence-electron chi connectivity index (χ1n) is 6.43. The van der Waals surface area contributed by atoms with Crippen molar-refractivity contribution in [1.82, 2.24) is 14.9 Å². The Morgan fingerprint density at radius 1 is 1.38 bits per heavy atom. The molecule has 1 aromatic heterocycles. The molecule has 1 unspecified atom stereocenters. The summed E-state index contributed by atoms with van der Waals surface area (Å²) in [6, 6.07) is 0.562. The monoisotopic (exact) mass is 223 g/mol. The third-order valence-electron chi connectivity index (χ3n) is 2.86. The number of hydrogen-bond acceptors (Lipinski definition) is 2. The van der Waals surface area contributed by atoms with E-state index >= 15 is 0 Å². The predicted molar refractivity (Wildman–Crippen MR) is 68.7 cm³/mol. The normalized spacial score (nSPS) is 13.3. The average Bonchev–Trinajstić information content (AvgIpc) is 2.72. The summed E-state index contributed by atoms with van der Waals surface area (Å²) in [5.41, 5.74) is 0. The van der Waals surface area contributed by atoms with Crippen molar-refractivity contribution in [3.8, 4) is 0 Å². The van der Waals surface area contributed by atoms with Gasteiger partial charge in [-0.15, -0.1) is 0 Å². The van der Waals surface area contributed by atoms with Crippen molar-refractivity contribution in [3.05, 3.63) is 18.2 Å². The molecule has 92 valence electrons. The minimum atomic E-state index is 0.499. The van der Waals surface area contributed by atoms with Gasteiger partial charge in [0.2, 0.25) is 0 Å². The van der Waals surface area contributed by atoms with Crippen LogP contribution in [0.5, 0.6) is 0 Å². The number of aromatic nitrogens is 2. The molecule has 1 aromatic rings. The molecular weight excluding hydrogens is 198 g/mol. The van der Waals surface area contributed by atoms with Crippen molar-refractivity contribution < 1.29 is 0 Å². The van der Waals surface area contributed by atoms with Crippen molar-refractivity contribution in [3.63, 3.8) is 0 Å². The summed E-state index contributed by atoms with van der Waals surface area (Å²) in [7, 11) is 0. The second-order valence-corrected chi connectivity index (χ2v) is 4.65. The highest BCUT2D eigenvalue weighted by atomic mass is 15.1. The fraction of sp³-hybridized carbons (Fsp3) is 0.769. The van der Waals surface area contributed by atoms with Gasteiger partial charge in [-0.1, -0.05) is 27.7 Å². The van der Waals surface area contributed by atoms with Gasteiger partial charge in [0.25, 0.3) is 0 Å². The number of nitrogens with zero attached hydrogens (tertiary/aromatic N) is 2. The molecule has 0 saturated carbocycles. The van der Waals surface area contributed by atoms with Crippen LogP contribution in [0.1, 0.15) is 52.3 Å². The van der Waals surface area contributed by atoms with E-state index in [9.17, 15) is 0 Å². The topological polar surface area (TPSA) is 29.9 Å². The Bertz CT molecular complexity index is 291. The van der Waals surface area contributed by atoms with E-state index in [0.29, 0.717) is 12.0 Å². The molecule has 3 nitrogen and oxygen atoms in total. The first-order valence-corrected chi connectivity index (χ1v) is 6.43. The highest BCUT2D eigenvalue weighted by Gasteiger charge is 2.11. The lowest BCUT2D eigenvalue weighted by Crippen LogP contribution is -2.33. The van der Waals surface area contributed by atoms with Gasteiger partial charge in [-0.2, -0.15) is 0 Å². The van der Waals surface area contributed by atoms with Crippen LogP contribution in [0.4, 0.5) is 0 Å². The third kappa shape index (κ3) is 3.63. The highest BCUT2D eigenvalue weighted by Crippen LogP contribution is 2.12. The van der Waals surface area contributed by atoms with E-state index < -0.39 is 0 Å². The maximum Gasteiger partial charge on any atom is 0.111 e. The molecule has 0 aromatic carbocycles. The van der Waals surface area contributed by atoms with E-state index in [-0.39, 0.29) is 0 Å². The van der Waals surface area contributed by atoms with Gasteiger partial charge in [0.05, 0.1) is 0 Å². The zero-order valence-corrected chi connectivity index (χ0v) is 11.0. The van der Waals surface area contributed by atoms with Crippen LogP contribution in [0, 0.1) is 0 Å². The number of hydrogen-bond donors (Lipinski definition) is 1. The molecule has 0 radical (unpaired) electrons. The van der Waals surface area contributed by atoms with Gasteiger partial charge in [0.1, 0.15) is 5.82 Å². The molecule has 0 aliphatic rings. The Morgan fingerprint density at radius 2 is 2.12 bits per heavy atom. The van der Waals surface area contributed by atoms with Crippen LogP contribution in [-0.4, -0.2) is 22.1 Å². The third-order valence-corrected chi connectivity index (χ3v) is 2.86. The van der Waals surface area contributed by atoms with Crippen molar-refractivity contribution in [2.24, 2.45) is 0 Å². The van der Waals surface area contributed by atoms with Crippen molar-refractivity contribution in [1.29, 1.82) is 0 Å². The molecule has 1 heterocycles. The first kappa shape index (κ1) is 13.2. The van der Waals surface area contributed by atoms with Crippen LogP contribution in [0.3, 0.4) is 0 Å². The van der Waals surface area contributed by atoms with E-state index in [1.54, 1.807) is 0 Å². The summed E-state index contributed by atoms with van der Waals surface area (Å²) in [6.07, 6.45) is 6.35. The average molecular weight is 223 g/mol. The number of rotatable bonds is 7. The minimum Gasteiger partial charge on any atom is -0.333 e. The second kappa shape index (κ2) is 6.69. The molecule has 1 rings (SSSR count). The lowest BCUT2D eigenvalue weighted by Gasteiger charge is -2.19. The van der Waals surface area contributed by atoms with Crippen LogP contribution in [0.2, 0.25) is 0 Å². The summed E-state index contributed by atoms with van der Waals surface area (Å²) in [5, 5.41) is 3.57. The standard InChI is InChI=1S/C13H25N3/c1-5-7-14-12(6-2)10-16-9-8-15-13(16)11(3)4/h8-9,11-12,14H,5-7,10H2,1-4H3. The Hall–Kier alpha value is -0.830. The lowest BCUT2D eigenvalue weighted by molar-refractivity contribution is 0.426. The fourth-order valence-electron chi connectivity index (χ4n) is 1.90. The van der Waals surface area contributed by atoms with Crippen LogP contribution in [0.15, 0.2) is 12.4 Å². The molecular formula is C13H25N3. The quantitative estimate of drug-likeness (QED) is 0.770. The maximum absolute atomic E-state index is 4.42. The number of nitrogens with one attached hydrogen (secondary N) is 1. The first-order chi connectivity index (χ1) is 7.69. The second-order valence-electron chi connectivity index (χ2n) is 4.65. The summed E-state index contributed by atoms with van der Waals surface area (Å²) >= 11 is 0. The molecule has 0 aliphatic carbocycles. The largest absolute Gasteiger partial charge is 0.333 e. The van der Waals surface area contributed by atoms with Gasteiger partial charge >= 0.3 is 0 Å². The van der Waals surface area contributed by atoms with E-state index in [2.05, 4.69) is 48.8 Å². The smallest absolute Gasteiger partial charge is 0.111 e. The zero-order valence-electron chi connectivity index (χ0n) is 11.0. The fourth-order valence-corrected chi connectivity index (χ4v) is 1.90. The molecule has 0 spiro atoms. The van der Waals surface area contributed by atoms with Crippen molar-refractivity contribution in [2.75, 3.05) is 6.54 Å². The van der Waals surface area contributed by atoms with Crippen LogP contribution < -0.4 is 5.32 Å². The summed E-state index contributed by atoms with van der Waals surface area (Å²) < 4.78 is 2.28. The van der Waals surface area contributed by atoms with Gasteiger partial charge < -0.3 is 9.88 Å². The molecule has 0 fully saturated rings. The van der Waals surface area contributed by atoms with E-state index in [4.69, 9.17) is 0 Å². The van der Waals surface area contributed by atoms with Crippen molar-refractivity contribution >= 4 is 0 Å². The van der Waals surface area contributed by atoms with Crippen LogP contribution in [0.25, 0.3) is 0 Å². The molecule has 0 saturated heterocycles. The van der Waals surface area contributed by atoms with Gasteiger partial charge in [-0.05, 0) is 19.4 Å². The number of imidazole rings is 1. The van der Waals surface area contributed by atoms with Gasteiger partial charge in [0.15, 0.2) is 0 Å². The Balaban J connectivity index is 2.59. The Morgan fingerprint density at radius 3 is 2.69 bits per heavy atom. The Kier molecular flexibility index (Phi) is 5.53. The molecule has 0 aliphatic heterocycles. The summed E-state index contributed by atoms with van der Waals surface area (Å²) in [6.45, 7) is 11.0. The minimum absolute atomic E-state index is 0.499. The van der Waals surface area contributed by atoms with Crippen LogP contribution in [-0.2, 0) is 6.54 Å². The van der Waals surface area contributed by atoms with Gasteiger partial charge in [-0.25, -0.2) is 4.98 Å². The molecule has 1 atom stereocenters. The molecule has 1 N–H and O–H groups in total. The van der Waals surface area contributed by atoms with Crippen molar-refractivity contribution in [2.45, 2.75) is 59.0 Å². The lowest BCUT2D eigenvalue weighted by atomic mass is 10.2. The zero-order chi connectivity index (χ0) is 12.0. The van der Waals surface area contributed by atoms with E-state index in [1.807, 2.05) is 6.20 Å². The molecule has 0 amide bonds. The van der Waals surface area contributed by atoms with E-state index in [1.165, 1.54) is 12.2 Å².